The Hall–Kier alpha value is -2.33. The summed E-state index contributed by atoms with van der Waals surface area (Å²) in [5.74, 6) is 0.528. The van der Waals surface area contributed by atoms with E-state index in [1.165, 1.54) is 49.7 Å². The molecule has 0 fully saturated rings. The van der Waals surface area contributed by atoms with Crippen LogP contribution in [-0.2, 0) is 22.5 Å². The largest absolute Gasteiger partial charge is 0.455 e. The highest BCUT2D eigenvalue weighted by atomic mass is 16.7. The highest BCUT2D eigenvalue weighted by Gasteiger charge is 2.24. The zero-order chi connectivity index (χ0) is 23.9. The molecular formula is C29H44NO3+. The van der Waals surface area contributed by atoms with E-state index in [0.717, 1.165) is 25.1 Å². The average Bonchev–Trinajstić information content (AvgIpc) is 2.77. The fourth-order valence-corrected chi connectivity index (χ4v) is 4.04. The number of nitrogens with zero attached hydrogens (tertiary/aromatic N) is 1. The van der Waals surface area contributed by atoms with Crippen LogP contribution in [-0.4, -0.2) is 37.4 Å². The van der Waals surface area contributed by atoms with Gasteiger partial charge in [-0.15, -0.1) is 0 Å². The van der Waals surface area contributed by atoms with Gasteiger partial charge in [-0.25, -0.2) is 4.79 Å². The summed E-state index contributed by atoms with van der Waals surface area (Å²) in [6, 6.07) is 18.5. The van der Waals surface area contributed by atoms with Crippen LogP contribution in [0.25, 0.3) is 0 Å². The summed E-state index contributed by atoms with van der Waals surface area (Å²) in [4.78, 5) is 12.7. The molecule has 0 spiro atoms. The van der Waals surface area contributed by atoms with Crippen molar-refractivity contribution in [2.24, 2.45) is 0 Å². The predicted molar refractivity (Wildman–Crippen MR) is 136 cm³/mol. The Balaban J connectivity index is 1.81. The maximum atomic E-state index is 12.7. The Morgan fingerprint density at radius 1 is 0.818 bits per heavy atom. The minimum atomic E-state index is -0.552. The van der Waals surface area contributed by atoms with Crippen LogP contribution < -0.4 is 4.74 Å². The minimum Gasteiger partial charge on any atom is -0.455 e. The first-order chi connectivity index (χ1) is 15.9. The number of benzene rings is 2. The molecule has 0 saturated heterocycles. The first-order valence-corrected chi connectivity index (χ1v) is 12.7. The predicted octanol–water partition coefficient (Wildman–Crippen LogP) is 6.91. The van der Waals surface area contributed by atoms with Crippen LogP contribution in [0.5, 0.6) is 5.75 Å². The van der Waals surface area contributed by atoms with E-state index in [1.54, 1.807) is 0 Å². The van der Waals surface area contributed by atoms with Gasteiger partial charge in [0.2, 0.25) is 6.29 Å². The van der Waals surface area contributed by atoms with Crippen LogP contribution >= 0.6 is 0 Å². The lowest BCUT2D eigenvalue weighted by atomic mass is 10.0. The second-order valence-electron chi connectivity index (χ2n) is 9.73. The number of ether oxygens (including phenoxy) is 2. The van der Waals surface area contributed by atoms with Crippen LogP contribution in [0.4, 0.5) is 0 Å². The van der Waals surface area contributed by atoms with E-state index in [1.807, 2.05) is 44.4 Å². The van der Waals surface area contributed by atoms with Gasteiger partial charge in [0.1, 0.15) is 12.3 Å². The van der Waals surface area contributed by atoms with Crippen molar-refractivity contribution in [1.29, 1.82) is 0 Å². The number of likely N-dealkylation sites (N-methyl/N-ethyl adjacent to an activating group) is 1. The quantitative estimate of drug-likeness (QED) is 0.120. The van der Waals surface area contributed by atoms with Crippen LogP contribution in [0, 0.1) is 0 Å². The smallest absolute Gasteiger partial charge is 0.364 e. The van der Waals surface area contributed by atoms with Crippen molar-refractivity contribution >= 4 is 5.97 Å². The molecule has 4 heteroatoms. The fourth-order valence-electron chi connectivity index (χ4n) is 4.04. The lowest BCUT2D eigenvalue weighted by molar-refractivity contribution is -0.896. The van der Waals surface area contributed by atoms with Gasteiger partial charge >= 0.3 is 5.97 Å². The molecule has 0 amide bonds. The van der Waals surface area contributed by atoms with Crippen molar-refractivity contribution in [3.05, 3.63) is 65.7 Å². The number of hydrogen-bond donors (Lipinski definition) is 0. The lowest BCUT2D eigenvalue weighted by Gasteiger charge is -2.29. The van der Waals surface area contributed by atoms with E-state index in [-0.39, 0.29) is 5.97 Å². The highest BCUT2D eigenvalue weighted by molar-refractivity contribution is 5.70. The minimum absolute atomic E-state index is 0.228. The first kappa shape index (κ1) is 26.9. The van der Waals surface area contributed by atoms with E-state index >= 15 is 0 Å². The summed E-state index contributed by atoms with van der Waals surface area (Å²) in [6.07, 6.45) is 9.97. The van der Waals surface area contributed by atoms with Gasteiger partial charge in [-0.05, 0) is 37.0 Å². The number of carbonyl (C=O) groups excluding carboxylic acids is 1. The van der Waals surface area contributed by atoms with Gasteiger partial charge < -0.3 is 14.0 Å². The van der Waals surface area contributed by atoms with Crippen LogP contribution in [0.2, 0.25) is 0 Å². The van der Waals surface area contributed by atoms with Gasteiger partial charge in [0.05, 0.1) is 14.1 Å². The molecule has 2 rings (SSSR count). The molecule has 0 aliphatic rings. The van der Waals surface area contributed by atoms with Gasteiger partial charge in [-0.2, -0.15) is 0 Å². The van der Waals surface area contributed by atoms with Crippen LogP contribution in [0.1, 0.15) is 76.3 Å². The number of hydrogen-bond acceptors (Lipinski definition) is 3. The zero-order valence-electron chi connectivity index (χ0n) is 21.2. The van der Waals surface area contributed by atoms with E-state index in [4.69, 9.17) is 9.47 Å². The van der Waals surface area contributed by atoms with Crippen LogP contribution in [0.15, 0.2) is 54.6 Å². The first-order valence-electron chi connectivity index (χ1n) is 12.7. The number of carbonyl (C=O) groups is 1. The number of rotatable bonds is 16. The number of quaternary nitrogens is 1. The topological polar surface area (TPSA) is 35.5 Å². The molecule has 0 bridgehead atoms. The summed E-state index contributed by atoms with van der Waals surface area (Å²) in [6.45, 7) is 5.40. The summed E-state index contributed by atoms with van der Waals surface area (Å²) >= 11 is 0. The Kier molecular flexibility index (Phi) is 12.0. The average molecular weight is 455 g/mol. The van der Waals surface area contributed by atoms with Crippen molar-refractivity contribution in [1.82, 2.24) is 0 Å². The Labute approximate surface area is 201 Å². The second kappa shape index (κ2) is 14.7. The van der Waals surface area contributed by atoms with E-state index in [2.05, 4.69) is 38.1 Å². The Morgan fingerprint density at radius 3 is 2.15 bits per heavy atom. The Morgan fingerprint density at radius 2 is 1.48 bits per heavy atom. The van der Waals surface area contributed by atoms with E-state index in [0.29, 0.717) is 17.4 Å². The van der Waals surface area contributed by atoms with E-state index < -0.39 is 6.29 Å². The molecule has 0 aliphatic carbocycles. The lowest BCUT2D eigenvalue weighted by Crippen LogP contribution is -2.44. The third-order valence-corrected chi connectivity index (χ3v) is 5.81. The molecule has 1 unspecified atom stereocenters. The van der Waals surface area contributed by atoms with Crippen molar-refractivity contribution in [3.8, 4) is 5.75 Å². The number of aryl methyl sites for hydroxylation is 1. The summed E-state index contributed by atoms with van der Waals surface area (Å²) in [7, 11) is 4.10. The Bertz CT molecular complexity index is 786. The fraction of sp³-hybridized carbons (Fsp3) is 0.552. The molecule has 1 atom stereocenters. The van der Waals surface area contributed by atoms with Gasteiger partial charge in [0.25, 0.3) is 0 Å². The third kappa shape index (κ3) is 11.4. The van der Waals surface area contributed by atoms with Gasteiger partial charge in [-0.3, -0.25) is 0 Å². The molecule has 4 nitrogen and oxygen atoms in total. The van der Waals surface area contributed by atoms with Gasteiger partial charge in [0.15, 0.2) is 6.54 Å². The van der Waals surface area contributed by atoms with E-state index in [9.17, 15) is 4.79 Å². The van der Waals surface area contributed by atoms with Gasteiger partial charge in [0, 0.05) is 12.0 Å². The molecule has 2 aromatic carbocycles. The maximum Gasteiger partial charge on any atom is 0.364 e. The molecule has 0 aromatic heterocycles. The van der Waals surface area contributed by atoms with Crippen LogP contribution in [0.3, 0.4) is 0 Å². The van der Waals surface area contributed by atoms with Gasteiger partial charge in [-0.1, -0.05) is 88.4 Å². The zero-order valence-corrected chi connectivity index (χ0v) is 21.2. The van der Waals surface area contributed by atoms with Crippen molar-refractivity contribution in [2.45, 2.75) is 84.5 Å². The van der Waals surface area contributed by atoms with Crippen molar-refractivity contribution in [2.75, 3.05) is 20.6 Å². The molecular weight excluding hydrogens is 410 g/mol. The molecule has 0 saturated carbocycles. The molecule has 2 aromatic rings. The second-order valence-corrected chi connectivity index (χ2v) is 9.73. The molecule has 0 N–H and O–H groups in total. The number of unbranched alkanes of at least 4 members (excludes halogenated alkanes) is 5. The maximum absolute atomic E-state index is 12.7. The monoisotopic (exact) mass is 454 g/mol. The standard InChI is InChI=1S/C29H44NO3/c1-5-7-8-9-10-12-16-25-19-21-27(22-20-25)32-29(15-6-2)33-28(31)24-30(3,4)23-26-17-13-11-14-18-26/h11,13-14,17-22,29H,5-10,12,15-16,23-24H2,1-4H3/q+1. The molecule has 0 aliphatic heterocycles. The summed E-state index contributed by atoms with van der Waals surface area (Å²) < 4.78 is 12.3. The molecule has 182 valence electrons. The SMILES string of the molecule is CCCCCCCCc1ccc(OC(CCC)OC(=O)C[N+](C)(C)Cc2ccccc2)cc1. The third-order valence-electron chi connectivity index (χ3n) is 5.81. The van der Waals surface area contributed by atoms with Crippen molar-refractivity contribution < 1.29 is 18.8 Å². The normalized spacial score (nSPS) is 12.4. The summed E-state index contributed by atoms with van der Waals surface area (Å²) in [5.41, 5.74) is 2.54. The summed E-state index contributed by atoms with van der Waals surface area (Å²) in [5, 5.41) is 0. The molecule has 33 heavy (non-hydrogen) atoms. The highest BCUT2D eigenvalue weighted by Crippen LogP contribution is 2.19. The van der Waals surface area contributed by atoms with Crippen molar-refractivity contribution in [3.63, 3.8) is 0 Å². The molecule has 0 radical (unpaired) electrons. The molecule has 0 heterocycles. The number of esters is 1.